The van der Waals surface area contributed by atoms with E-state index in [4.69, 9.17) is 9.47 Å². The summed E-state index contributed by atoms with van der Waals surface area (Å²) in [6.07, 6.45) is -0.108. The molecule has 3 rings (SSSR count). The lowest BCUT2D eigenvalue weighted by Gasteiger charge is -2.16. The molecule has 0 aromatic heterocycles. The van der Waals surface area contributed by atoms with E-state index >= 15 is 0 Å². The van der Waals surface area contributed by atoms with Gasteiger partial charge < -0.3 is 19.9 Å². The molecule has 2 aromatic rings. The maximum atomic E-state index is 12.6. The number of nitrogens with one attached hydrogen (secondary N) is 1. The van der Waals surface area contributed by atoms with E-state index in [1.807, 2.05) is 19.9 Å². The number of anilines is 1. The van der Waals surface area contributed by atoms with Crippen molar-refractivity contribution in [2.45, 2.75) is 33.2 Å². The lowest BCUT2D eigenvalue weighted by Crippen LogP contribution is -2.15. The second kappa shape index (κ2) is 6.94. The number of carbonyl (C=O) groups is 2. The molecule has 1 aliphatic heterocycles. The van der Waals surface area contributed by atoms with Crippen LogP contribution in [0.1, 0.15) is 45.7 Å². The molecule has 1 aliphatic rings. The first-order valence-electron chi connectivity index (χ1n) is 7.99. The Balaban J connectivity index is 1.88. The molecule has 130 valence electrons. The highest BCUT2D eigenvalue weighted by molar-refractivity contribution is 6.05. The molecule has 6 heteroatoms. The number of carboxylic acid groups (broad SMARTS) is 1. The van der Waals surface area contributed by atoms with Gasteiger partial charge in [-0.1, -0.05) is 6.07 Å². The SMILES string of the molecule is CC(C)Oc1ccc(C(=O)O)cc1NC(=O)c1ccc2c(c1)COC2. The van der Waals surface area contributed by atoms with Crippen molar-refractivity contribution < 1.29 is 24.2 Å². The molecule has 0 aliphatic carbocycles. The number of fused-ring (bicyclic) bond motifs is 1. The zero-order chi connectivity index (χ0) is 18.0. The second-order valence-corrected chi connectivity index (χ2v) is 6.11. The van der Waals surface area contributed by atoms with Crippen LogP contribution in [-0.2, 0) is 18.0 Å². The lowest BCUT2D eigenvalue weighted by molar-refractivity contribution is 0.0696. The summed E-state index contributed by atoms with van der Waals surface area (Å²) in [7, 11) is 0. The number of rotatable bonds is 5. The predicted octanol–water partition coefficient (Wildman–Crippen LogP) is 3.45. The molecule has 1 heterocycles. The maximum absolute atomic E-state index is 12.6. The van der Waals surface area contributed by atoms with Gasteiger partial charge in [0.15, 0.2) is 0 Å². The first-order valence-corrected chi connectivity index (χ1v) is 7.99. The van der Waals surface area contributed by atoms with Crippen molar-refractivity contribution in [3.8, 4) is 5.75 Å². The third-order valence-corrected chi connectivity index (χ3v) is 3.82. The highest BCUT2D eigenvalue weighted by Gasteiger charge is 2.17. The Morgan fingerprint density at radius 2 is 1.80 bits per heavy atom. The summed E-state index contributed by atoms with van der Waals surface area (Å²) in [5, 5.41) is 11.9. The van der Waals surface area contributed by atoms with Gasteiger partial charge >= 0.3 is 5.97 Å². The Hall–Kier alpha value is -2.86. The quantitative estimate of drug-likeness (QED) is 0.870. The average molecular weight is 341 g/mol. The molecule has 0 spiro atoms. The van der Waals surface area contributed by atoms with E-state index in [0.29, 0.717) is 30.2 Å². The van der Waals surface area contributed by atoms with Crippen LogP contribution in [0, 0.1) is 0 Å². The van der Waals surface area contributed by atoms with Crippen molar-refractivity contribution in [3.63, 3.8) is 0 Å². The molecule has 1 amide bonds. The van der Waals surface area contributed by atoms with Gasteiger partial charge in [0, 0.05) is 5.56 Å². The summed E-state index contributed by atoms with van der Waals surface area (Å²) >= 11 is 0. The van der Waals surface area contributed by atoms with Gasteiger partial charge in [-0.2, -0.15) is 0 Å². The Bertz CT molecular complexity index is 829. The van der Waals surface area contributed by atoms with Crippen LogP contribution in [0.3, 0.4) is 0 Å². The van der Waals surface area contributed by atoms with Crippen LogP contribution < -0.4 is 10.1 Å². The summed E-state index contributed by atoms with van der Waals surface area (Å²) in [5.74, 6) is -0.968. The molecule has 25 heavy (non-hydrogen) atoms. The van der Waals surface area contributed by atoms with Gasteiger partial charge in [-0.3, -0.25) is 4.79 Å². The largest absolute Gasteiger partial charge is 0.489 e. The van der Waals surface area contributed by atoms with E-state index in [1.54, 1.807) is 18.2 Å². The topological polar surface area (TPSA) is 84.9 Å². The van der Waals surface area contributed by atoms with Crippen molar-refractivity contribution in [1.29, 1.82) is 0 Å². The van der Waals surface area contributed by atoms with Crippen LogP contribution in [0.4, 0.5) is 5.69 Å². The fraction of sp³-hybridized carbons (Fsp3) is 0.263. The minimum atomic E-state index is -1.07. The van der Waals surface area contributed by atoms with Crippen LogP contribution in [0.5, 0.6) is 5.75 Å². The van der Waals surface area contributed by atoms with Crippen LogP contribution in [0.15, 0.2) is 36.4 Å². The lowest BCUT2D eigenvalue weighted by atomic mass is 10.1. The smallest absolute Gasteiger partial charge is 0.335 e. The van der Waals surface area contributed by atoms with Gasteiger partial charge in [0.05, 0.1) is 30.6 Å². The van der Waals surface area contributed by atoms with Gasteiger partial charge in [-0.15, -0.1) is 0 Å². The zero-order valence-electron chi connectivity index (χ0n) is 14.0. The molecule has 0 bridgehead atoms. The van der Waals surface area contributed by atoms with Gasteiger partial charge in [0.2, 0.25) is 0 Å². The van der Waals surface area contributed by atoms with Crippen LogP contribution >= 0.6 is 0 Å². The maximum Gasteiger partial charge on any atom is 0.335 e. The van der Waals surface area contributed by atoms with Crippen molar-refractivity contribution in [3.05, 3.63) is 58.7 Å². The molecule has 0 radical (unpaired) electrons. The molecule has 2 N–H and O–H groups in total. The summed E-state index contributed by atoms with van der Waals surface area (Å²) in [6, 6.07) is 9.79. The normalized spacial score (nSPS) is 12.8. The number of carboxylic acids is 1. The highest BCUT2D eigenvalue weighted by atomic mass is 16.5. The Morgan fingerprint density at radius 1 is 1.08 bits per heavy atom. The molecule has 0 fully saturated rings. The first-order chi connectivity index (χ1) is 11.9. The number of amides is 1. The highest BCUT2D eigenvalue weighted by Crippen LogP contribution is 2.28. The standard InChI is InChI=1S/C19H19NO5/c1-11(2)25-17-6-5-13(19(22)23)8-16(17)20-18(21)12-3-4-14-9-24-10-15(14)7-12/h3-8,11H,9-10H2,1-2H3,(H,20,21)(H,22,23). The summed E-state index contributed by atoms with van der Waals surface area (Å²) < 4.78 is 11.0. The minimum absolute atomic E-state index is 0.0776. The first kappa shape index (κ1) is 17.0. The fourth-order valence-electron chi connectivity index (χ4n) is 2.63. The van der Waals surface area contributed by atoms with Crippen molar-refractivity contribution in [2.75, 3.05) is 5.32 Å². The molecule has 2 aromatic carbocycles. The third kappa shape index (κ3) is 3.80. The molecular weight excluding hydrogens is 322 g/mol. The molecule has 0 unspecified atom stereocenters. The van der Waals surface area contributed by atoms with E-state index < -0.39 is 5.97 Å². The average Bonchev–Trinajstić information content (AvgIpc) is 3.03. The van der Waals surface area contributed by atoms with Gasteiger partial charge in [-0.25, -0.2) is 4.79 Å². The van der Waals surface area contributed by atoms with E-state index in [0.717, 1.165) is 11.1 Å². The monoisotopic (exact) mass is 341 g/mol. The Kier molecular flexibility index (Phi) is 4.72. The van der Waals surface area contributed by atoms with E-state index in [1.165, 1.54) is 12.1 Å². The number of carbonyl (C=O) groups excluding carboxylic acids is 1. The van der Waals surface area contributed by atoms with E-state index in [9.17, 15) is 14.7 Å². The van der Waals surface area contributed by atoms with E-state index in [-0.39, 0.29) is 17.6 Å². The Morgan fingerprint density at radius 3 is 2.52 bits per heavy atom. The van der Waals surface area contributed by atoms with E-state index in [2.05, 4.69) is 5.32 Å². The van der Waals surface area contributed by atoms with Gasteiger partial charge in [0.1, 0.15) is 5.75 Å². The summed E-state index contributed by atoms with van der Waals surface area (Å²) in [6.45, 7) is 4.77. The molecule has 6 nitrogen and oxygen atoms in total. The van der Waals surface area contributed by atoms with Gasteiger partial charge in [-0.05, 0) is 55.3 Å². The minimum Gasteiger partial charge on any atom is -0.489 e. The number of benzene rings is 2. The van der Waals surface area contributed by atoms with Crippen LogP contribution in [-0.4, -0.2) is 23.1 Å². The molecule has 0 saturated heterocycles. The predicted molar refractivity (Wildman–Crippen MR) is 92.1 cm³/mol. The molecule has 0 saturated carbocycles. The molecular formula is C19H19NO5. The second-order valence-electron chi connectivity index (χ2n) is 6.11. The fourth-order valence-corrected chi connectivity index (χ4v) is 2.63. The van der Waals surface area contributed by atoms with Crippen molar-refractivity contribution >= 4 is 17.6 Å². The number of ether oxygens (including phenoxy) is 2. The zero-order valence-corrected chi connectivity index (χ0v) is 14.0. The van der Waals surface area contributed by atoms with Crippen molar-refractivity contribution in [1.82, 2.24) is 0 Å². The van der Waals surface area contributed by atoms with Crippen molar-refractivity contribution in [2.24, 2.45) is 0 Å². The van der Waals surface area contributed by atoms with Crippen LogP contribution in [0.25, 0.3) is 0 Å². The summed E-state index contributed by atoms with van der Waals surface area (Å²) in [4.78, 5) is 23.8. The Labute approximate surface area is 145 Å². The summed E-state index contributed by atoms with van der Waals surface area (Å²) in [5.41, 5.74) is 2.96. The molecule has 0 atom stereocenters. The number of hydrogen-bond donors (Lipinski definition) is 2. The number of hydrogen-bond acceptors (Lipinski definition) is 4. The van der Waals surface area contributed by atoms with Crippen LogP contribution in [0.2, 0.25) is 0 Å². The third-order valence-electron chi connectivity index (χ3n) is 3.82. The van der Waals surface area contributed by atoms with Gasteiger partial charge in [0.25, 0.3) is 5.91 Å². The number of aromatic carboxylic acids is 1.